The number of aliphatic imine (C=N–C) groups is 1. The van der Waals surface area contributed by atoms with Gasteiger partial charge in [-0.1, -0.05) is 23.7 Å². The van der Waals surface area contributed by atoms with E-state index in [4.69, 9.17) is 16.6 Å². The number of aryl methyl sites for hydroxylation is 1. The first kappa shape index (κ1) is 11.8. The summed E-state index contributed by atoms with van der Waals surface area (Å²) in [4.78, 5) is 9.37. The van der Waals surface area contributed by atoms with Crippen LogP contribution >= 0.6 is 11.6 Å². The molecule has 2 heterocycles. The van der Waals surface area contributed by atoms with Gasteiger partial charge in [0.05, 0.1) is 16.8 Å². The molecule has 1 aromatic rings. The van der Waals surface area contributed by atoms with Crippen LogP contribution in [0.4, 0.5) is 5.69 Å². The Morgan fingerprint density at radius 1 is 1.39 bits per heavy atom. The molecule has 0 aliphatic carbocycles. The lowest BCUT2D eigenvalue weighted by Gasteiger charge is -2.29. The number of rotatable bonds is 1. The molecule has 0 amide bonds. The summed E-state index contributed by atoms with van der Waals surface area (Å²) in [5, 5.41) is 0.817. The normalized spacial score (nSPS) is 23.1. The summed E-state index contributed by atoms with van der Waals surface area (Å²) in [5.74, 6) is 1.10. The lowest BCUT2D eigenvalue weighted by Crippen LogP contribution is -2.39. The minimum Gasteiger partial charge on any atom is -0.340 e. The van der Waals surface area contributed by atoms with Crippen molar-refractivity contribution in [3.63, 3.8) is 0 Å². The molecule has 1 unspecified atom stereocenters. The second-order valence-corrected chi connectivity index (χ2v) is 5.51. The molecule has 0 aromatic heterocycles. The average molecular weight is 264 g/mol. The van der Waals surface area contributed by atoms with Crippen molar-refractivity contribution in [1.82, 2.24) is 4.90 Å². The SMILES string of the molecule is Cc1cccc(Cl)c1N1C2=NCCCN2CC1C. The van der Waals surface area contributed by atoms with Crippen LogP contribution in [0.1, 0.15) is 18.9 Å². The van der Waals surface area contributed by atoms with Gasteiger partial charge in [0, 0.05) is 19.6 Å². The highest BCUT2D eigenvalue weighted by molar-refractivity contribution is 6.34. The van der Waals surface area contributed by atoms with Crippen LogP contribution in [0.2, 0.25) is 5.02 Å². The summed E-state index contributed by atoms with van der Waals surface area (Å²) in [6.45, 7) is 7.44. The van der Waals surface area contributed by atoms with Crippen molar-refractivity contribution in [1.29, 1.82) is 0 Å². The van der Waals surface area contributed by atoms with E-state index >= 15 is 0 Å². The average Bonchev–Trinajstić information content (AvgIpc) is 2.66. The van der Waals surface area contributed by atoms with Gasteiger partial charge in [-0.25, -0.2) is 0 Å². The van der Waals surface area contributed by atoms with Gasteiger partial charge in [0.25, 0.3) is 0 Å². The van der Waals surface area contributed by atoms with Crippen LogP contribution in [-0.2, 0) is 0 Å². The fourth-order valence-electron chi connectivity index (χ4n) is 2.89. The van der Waals surface area contributed by atoms with Gasteiger partial charge >= 0.3 is 0 Å². The first-order valence-electron chi connectivity index (χ1n) is 6.52. The van der Waals surface area contributed by atoms with E-state index in [1.165, 1.54) is 5.56 Å². The minimum absolute atomic E-state index is 0.431. The Bertz CT molecular complexity index is 478. The molecule has 1 aromatic carbocycles. The Labute approximate surface area is 113 Å². The molecule has 1 fully saturated rings. The molecule has 1 saturated heterocycles. The maximum absolute atomic E-state index is 6.39. The lowest BCUT2D eigenvalue weighted by molar-refractivity contribution is 0.417. The highest BCUT2D eigenvalue weighted by atomic mass is 35.5. The minimum atomic E-state index is 0.431. The first-order valence-corrected chi connectivity index (χ1v) is 6.90. The summed E-state index contributed by atoms with van der Waals surface area (Å²) >= 11 is 6.39. The number of benzene rings is 1. The van der Waals surface area contributed by atoms with Gasteiger partial charge in [-0.2, -0.15) is 0 Å². The fraction of sp³-hybridized carbons (Fsp3) is 0.500. The van der Waals surface area contributed by atoms with Gasteiger partial charge in [-0.3, -0.25) is 4.99 Å². The molecule has 0 spiro atoms. The van der Waals surface area contributed by atoms with Crippen LogP contribution < -0.4 is 4.90 Å². The zero-order valence-electron chi connectivity index (χ0n) is 10.9. The van der Waals surface area contributed by atoms with Crippen molar-refractivity contribution in [3.05, 3.63) is 28.8 Å². The monoisotopic (exact) mass is 263 g/mol. The zero-order chi connectivity index (χ0) is 12.7. The van der Waals surface area contributed by atoms with E-state index in [1.807, 2.05) is 12.1 Å². The number of guanidine groups is 1. The van der Waals surface area contributed by atoms with Crippen molar-refractivity contribution >= 4 is 23.2 Å². The number of fused-ring (bicyclic) bond motifs is 1. The van der Waals surface area contributed by atoms with Crippen LogP contribution in [0, 0.1) is 6.92 Å². The Kier molecular flexibility index (Phi) is 2.94. The number of hydrogen-bond acceptors (Lipinski definition) is 3. The molecular formula is C14H18ClN3. The third-order valence-corrected chi connectivity index (χ3v) is 4.00. The highest BCUT2D eigenvalue weighted by Crippen LogP contribution is 2.34. The summed E-state index contributed by atoms with van der Waals surface area (Å²) in [6, 6.07) is 6.51. The number of anilines is 1. The Hall–Kier alpha value is -1.22. The van der Waals surface area contributed by atoms with E-state index in [2.05, 4.69) is 29.7 Å². The van der Waals surface area contributed by atoms with E-state index in [9.17, 15) is 0 Å². The molecule has 4 heteroatoms. The molecule has 0 radical (unpaired) electrons. The van der Waals surface area contributed by atoms with Gasteiger partial charge in [0.1, 0.15) is 0 Å². The number of nitrogens with zero attached hydrogens (tertiary/aromatic N) is 3. The quantitative estimate of drug-likeness (QED) is 0.776. The standard InChI is InChI=1S/C14H18ClN3/c1-10-5-3-6-12(15)13(10)18-11(2)9-17-8-4-7-16-14(17)18/h3,5-6,11H,4,7-9H2,1-2H3. The predicted octanol–water partition coefficient (Wildman–Crippen LogP) is 2.92. The van der Waals surface area contributed by atoms with Crippen molar-refractivity contribution in [3.8, 4) is 0 Å². The molecule has 18 heavy (non-hydrogen) atoms. The molecule has 3 nitrogen and oxygen atoms in total. The maximum atomic E-state index is 6.39. The highest BCUT2D eigenvalue weighted by Gasteiger charge is 2.36. The fourth-order valence-corrected chi connectivity index (χ4v) is 3.20. The van der Waals surface area contributed by atoms with Crippen molar-refractivity contribution in [2.75, 3.05) is 24.5 Å². The van der Waals surface area contributed by atoms with E-state index in [1.54, 1.807) is 0 Å². The van der Waals surface area contributed by atoms with Gasteiger partial charge in [-0.15, -0.1) is 0 Å². The van der Waals surface area contributed by atoms with Crippen LogP contribution in [-0.4, -0.2) is 36.5 Å². The summed E-state index contributed by atoms with van der Waals surface area (Å²) < 4.78 is 0. The lowest BCUT2D eigenvalue weighted by atomic mass is 10.1. The van der Waals surface area contributed by atoms with Gasteiger partial charge in [0.2, 0.25) is 5.96 Å². The predicted molar refractivity (Wildman–Crippen MR) is 76.6 cm³/mol. The van der Waals surface area contributed by atoms with Crippen molar-refractivity contribution in [2.24, 2.45) is 4.99 Å². The molecular weight excluding hydrogens is 246 g/mol. The van der Waals surface area contributed by atoms with Crippen LogP contribution in [0.15, 0.2) is 23.2 Å². The summed E-state index contributed by atoms with van der Waals surface area (Å²) in [5.41, 5.74) is 2.33. The molecule has 2 aliphatic rings. The number of para-hydroxylation sites is 1. The molecule has 96 valence electrons. The van der Waals surface area contributed by atoms with Gasteiger partial charge in [-0.05, 0) is 31.9 Å². The number of hydrogen-bond donors (Lipinski definition) is 0. The topological polar surface area (TPSA) is 18.8 Å². The van der Waals surface area contributed by atoms with Crippen LogP contribution in [0.25, 0.3) is 0 Å². The van der Waals surface area contributed by atoms with E-state index < -0.39 is 0 Å². The smallest absolute Gasteiger partial charge is 0.201 e. The first-order chi connectivity index (χ1) is 8.68. The molecule has 3 rings (SSSR count). The number of halogens is 1. The van der Waals surface area contributed by atoms with E-state index in [0.717, 1.165) is 42.7 Å². The molecule has 2 aliphatic heterocycles. The molecule has 1 atom stereocenters. The van der Waals surface area contributed by atoms with Crippen molar-refractivity contribution in [2.45, 2.75) is 26.3 Å². The van der Waals surface area contributed by atoms with Crippen LogP contribution in [0.5, 0.6) is 0 Å². The van der Waals surface area contributed by atoms with E-state index in [-0.39, 0.29) is 0 Å². The largest absolute Gasteiger partial charge is 0.340 e. The Morgan fingerprint density at radius 3 is 3.00 bits per heavy atom. The zero-order valence-corrected chi connectivity index (χ0v) is 11.6. The summed E-state index contributed by atoms with van der Waals surface area (Å²) in [6.07, 6.45) is 1.16. The molecule has 0 saturated carbocycles. The summed E-state index contributed by atoms with van der Waals surface area (Å²) in [7, 11) is 0. The van der Waals surface area contributed by atoms with Gasteiger partial charge in [0.15, 0.2) is 0 Å². The Balaban J connectivity index is 2.07. The molecule has 0 N–H and O–H groups in total. The third-order valence-electron chi connectivity index (χ3n) is 3.69. The second kappa shape index (κ2) is 4.47. The van der Waals surface area contributed by atoms with E-state index in [0.29, 0.717) is 6.04 Å². The van der Waals surface area contributed by atoms with Crippen LogP contribution in [0.3, 0.4) is 0 Å². The Morgan fingerprint density at radius 2 is 2.22 bits per heavy atom. The maximum Gasteiger partial charge on any atom is 0.201 e. The second-order valence-electron chi connectivity index (χ2n) is 5.11. The molecule has 0 bridgehead atoms. The van der Waals surface area contributed by atoms with Crippen molar-refractivity contribution < 1.29 is 0 Å². The third kappa shape index (κ3) is 1.77. The van der Waals surface area contributed by atoms with Gasteiger partial charge < -0.3 is 9.80 Å².